The molecule has 3 rings (SSSR count). The van der Waals surface area contributed by atoms with Crippen molar-refractivity contribution >= 4 is 21.8 Å². The van der Waals surface area contributed by atoms with Crippen molar-refractivity contribution in [2.75, 3.05) is 0 Å². The molecule has 92 valence electrons. The van der Waals surface area contributed by atoms with E-state index in [1.165, 1.54) is 32.9 Å². The van der Waals surface area contributed by atoms with Crippen LogP contribution in [0.1, 0.15) is 31.9 Å². The first-order valence-electron chi connectivity index (χ1n) is 6.48. The summed E-state index contributed by atoms with van der Waals surface area (Å²) in [4.78, 5) is 3.52. The lowest BCUT2D eigenvalue weighted by Gasteiger charge is -2.20. The maximum Gasteiger partial charge on any atom is 0.0494 e. The Labute approximate surface area is 108 Å². The number of hydrogen-bond donors (Lipinski definition) is 1. The molecule has 1 heterocycles. The third-order valence-electron chi connectivity index (χ3n) is 3.68. The highest BCUT2D eigenvalue weighted by Gasteiger charge is 2.16. The van der Waals surface area contributed by atoms with Crippen LogP contribution in [0.15, 0.2) is 36.4 Å². The molecule has 1 N–H and O–H groups in total. The Morgan fingerprint density at radius 2 is 1.67 bits per heavy atom. The lowest BCUT2D eigenvalue weighted by molar-refractivity contribution is 0.590. The van der Waals surface area contributed by atoms with Crippen molar-refractivity contribution in [3.05, 3.63) is 47.5 Å². The van der Waals surface area contributed by atoms with Gasteiger partial charge in [0.1, 0.15) is 0 Å². The summed E-state index contributed by atoms with van der Waals surface area (Å²) < 4.78 is 0. The topological polar surface area (TPSA) is 15.8 Å². The summed E-state index contributed by atoms with van der Waals surface area (Å²) in [5, 5.41) is 2.66. The van der Waals surface area contributed by atoms with Crippen molar-refractivity contribution in [1.82, 2.24) is 4.98 Å². The van der Waals surface area contributed by atoms with Crippen LogP contribution in [0.25, 0.3) is 21.8 Å². The zero-order valence-electron chi connectivity index (χ0n) is 11.5. The van der Waals surface area contributed by atoms with Crippen LogP contribution in [0.3, 0.4) is 0 Å². The lowest BCUT2D eigenvalue weighted by Crippen LogP contribution is -2.11. The van der Waals surface area contributed by atoms with Crippen LogP contribution in [-0.2, 0) is 5.41 Å². The van der Waals surface area contributed by atoms with Crippen molar-refractivity contribution in [2.24, 2.45) is 0 Å². The summed E-state index contributed by atoms with van der Waals surface area (Å²) in [6.07, 6.45) is 0. The summed E-state index contributed by atoms with van der Waals surface area (Å²) in [6, 6.07) is 13.2. The molecular weight excluding hydrogens is 218 g/mol. The van der Waals surface area contributed by atoms with Crippen molar-refractivity contribution in [3.63, 3.8) is 0 Å². The molecule has 0 aliphatic rings. The SMILES string of the molecule is Cc1cc(C(C)(C)C)cc2c1[nH]c1ccccc12. The minimum atomic E-state index is 0.192. The van der Waals surface area contributed by atoms with Crippen LogP contribution in [0, 0.1) is 6.92 Å². The molecule has 3 aromatic rings. The van der Waals surface area contributed by atoms with Crippen LogP contribution >= 0.6 is 0 Å². The number of aromatic nitrogens is 1. The number of nitrogens with one attached hydrogen (secondary N) is 1. The molecule has 1 heteroatoms. The van der Waals surface area contributed by atoms with Crippen molar-refractivity contribution < 1.29 is 0 Å². The first kappa shape index (κ1) is 11.3. The number of hydrogen-bond acceptors (Lipinski definition) is 0. The molecule has 0 amide bonds. The number of rotatable bonds is 0. The van der Waals surface area contributed by atoms with Gasteiger partial charge < -0.3 is 4.98 Å². The van der Waals surface area contributed by atoms with E-state index in [-0.39, 0.29) is 5.41 Å². The number of benzene rings is 2. The normalized spacial score (nSPS) is 12.4. The number of fused-ring (bicyclic) bond motifs is 3. The highest BCUT2D eigenvalue weighted by molar-refractivity contribution is 6.08. The summed E-state index contributed by atoms with van der Waals surface area (Å²) in [5.41, 5.74) is 5.41. The number of H-pyrrole nitrogens is 1. The fourth-order valence-electron chi connectivity index (χ4n) is 2.56. The fraction of sp³-hybridized carbons (Fsp3) is 0.294. The van der Waals surface area contributed by atoms with Gasteiger partial charge >= 0.3 is 0 Å². The molecule has 0 spiro atoms. The van der Waals surface area contributed by atoms with E-state index in [4.69, 9.17) is 0 Å². The predicted molar refractivity (Wildman–Crippen MR) is 79.2 cm³/mol. The van der Waals surface area contributed by atoms with Gasteiger partial charge in [0.05, 0.1) is 0 Å². The molecule has 18 heavy (non-hydrogen) atoms. The standard InChI is InChI=1S/C17H19N/c1-11-9-12(17(2,3)4)10-14-13-7-5-6-8-15(13)18-16(11)14/h5-10,18H,1-4H3. The number of aryl methyl sites for hydroxylation is 1. The van der Waals surface area contributed by atoms with Gasteiger partial charge in [-0.25, -0.2) is 0 Å². The molecule has 1 nitrogen and oxygen atoms in total. The Morgan fingerprint density at radius 3 is 2.39 bits per heavy atom. The van der Waals surface area contributed by atoms with Crippen LogP contribution in [0.4, 0.5) is 0 Å². The third-order valence-corrected chi connectivity index (χ3v) is 3.68. The van der Waals surface area contributed by atoms with Gasteiger partial charge in [-0.15, -0.1) is 0 Å². The molecule has 0 aliphatic heterocycles. The van der Waals surface area contributed by atoms with Crippen LogP contribution < -0.4 is 0 Å². The molecule has 0 saturated heterocycles. The van der Waals surface area contributed by atoms with E-state index < -0.39 is 0 Å². The second-order valence-corrected chi connectivity index (χ2v) is 6.14. The van der Waals surface area contributed by atoms with Gasteiger partial charge in [0, 0.05) is 21.8 Å². The molecule has 0 atom stereocenters. The van der Waals surface area contributed by atoms with Gasteiger partial charge in [-0.3, -0.25) is 0 Å². The van der Waals surface area contributed by atoms with E-state index in [1.807, 2.05) is 0 Å². The average Bonchev–Trinajstić information content (AvgIpc) is 2.67. The molecule has 2 aromatic carbocycles. The Balaban J connectivity index is 2.44. The van der Waals surface area contributed by atoms with E-state index in [9.17, 15) is 0 Å². The quantitative estimate of drug-likeness (QED) is 0.570. The van der Waals surface area contributed by atoms with Gasteiger partial charge in [0.2, 0.25) is 0 Å². The largest absolute Gasteiger partial charge is 0.354 e. The van der Waals surface area contributed by atoms with Crippen molar-refractivity contribution in [3.8, 4) is 0 Å². The van der Waals surface area contributed by atoms with Gasteiger partial charge in [0.25, 0.3) is 0 Å². The second-order valence-electron chi connectivity index (χ2n) is 6.14. The van der Waals surface area contributed by atoms with Crippen LogP contribution in [0.5, 0.6) is 0 Å². The first-order chi connectivity index (χ1) is 8.47. The molecular formula is C17H19N. The molecule has 0 fully saturated rings. The van der Waals surface area contributed by atoms with Gasteiger partial charge in [-0.2, -0.15) is 0 Å². The van der Waals surface area contributed by atoms with Crippen molar-refractivity contribution in [2.45, 2.75) is 33.1 Å². The van der Waals surface area contributed by atoms with E-state index in [1.54, 1.807) is 0 Å². The van der Waals surface area contributed by atoms with Crippen molar-refractivity contribution in [1.29, 1.82) is 0 Å². The number of para-hydroxylation sites is 1. The predicted octanol–water partition coefficient (Wildman–Crippen LogP) is 4.93. The molecule has 0 saturated carbocycles. The lowest BCUT2D eigenvalue weighted by atomic mass is 9.85. The zero-order valence-corrected chi connectivity index (χ0v) is 11.5. The van der Waals surface area contributed by atoms with E-state index in [0.29, 0.717) is 0 Å². The minimum Gasteiger partial charge on any atom is -0.354 e. The zero-order chi connectivity index (χ0) is 12.9. The fourth-order valence-corrected chi connectivity index (χ4v) is 2.56. The number of aromatic amines is 1. The first-order valence-corrected chi connectivity index (χ1v) is 6.48. The molecule has 0 aliphatic carbocycles. The van der Waals surface area contributed by atoms with Gasteiger partial charge in [-0.05, 0) is 35.6 Å². The average molecular weight is 237 g/mol. The van der Waals surface area contributed by atoms with Gasteiger partial charge in [-0.1, -0.05) is 45.0 Å². The summed E-state index contributed by atoms with van der Waals surface area (Å²) in [7, 11) is 0. The summed E-state index contributed by atoms with van der Waals surface area (Å²) >= 11 is 0. The third kappa shape index (κ3) is 1.62. The van der Waals surface area contributed by atoms with E-state index >= 15 is 0 Å². The second kappa shape index (κ2) is 3.61. The molecule has 0 bridgehead atoms. The Bertz CT molecular complexity index is 726. The Kier molecular flexibility index (Phi) is 2.28. The molecule has 0 unspecified atom stereocenters. The smallest absolute Gasteiger partial charge is 0.0494 e. The Morgan fingerprint density at radius 1 is 0.944 bits per heavy atom. The van der Waals surface area contributed by atoms with E-state index in [2.05, 4.69) is 69.1 Å². The highest BCUT2D eigenvalue weighted by atomic mass is 14.7. The monoisotopic (exact) mass is 237 g/mol. The summed E-state index contributed by atoms with van der Waals surface area (Å²) in [6.45, 7) is 8.99. The van der Waals surface area contributed by atoms with E-state index in [0.717, 1.165) is 0 Å². The van der Waals surface area contributed by atoms with Crippen LogP contribution in [-0.4, -0.2) is 4.98 Å². The highest BCUT2D eigenvalue weighted by Crippen LogP contribution is 2.32. The minimum absolute atomic E-state index is 0.192. The molecule has 1 aromatic heterocycles. The van der Waals surface area contributed by atoms with Crippen LogP contribution in [0.2, 0.25) is 0 Å². The maximum absolute atomic E-state index is 3.52. The van der Waals surface area contributed by atoms with Gasteiger partial charge in [0.15, 0.2) is 0 Å². The maximum atomic E-state index is 3.52. The summed E-state index contributed by atoms with van der Waals surface area (Å²) in [5.74, 6) is 0. The Hall–Kier alpha value is -1.76. The molecule has 0 radical (unpaired) electrons.